The van der Waals surface area contributed by atoms with E-state index in [1.165, 1.54) is 18.5 Å². The first-order valence-corrected chi connectivity index (χ1v) is 5.52. The van der Waals surface area contributed by atoms with E-state index < -0.39 is 0 Å². The van der Waals surface area contributed by atoms with E-state index in [1.807, 2.05) is 12.3 Å². The fourth-order valence-corrected chi connectivity index (χ4v) is 1.44. The topological polar surface area (TPSA) is 39.1 Å². The minimum Gasteiger partial charge on any atom is -0.383 e. The number of ether oxygens (including phenoxy) is 1. The Kier molecular flexibility index (Phi) is 6.04. The van der Waals surface area contributed by atoms with E-state index in [1.54, 1.807) is 7.11 Å². The molecule has 0 spiro atoms. The van der Waals surface area contributed by atoms with Crippen LogP contribution >= 0.6 is 0 Å². The number of nitrogens with one attached hydrogen (secondary N) is 1. The van der Waals surface area contributed by atoms with Crippen molar-refractivity contribution in [3.05, 3.63) is 18.0 Å². The van der Waals surface area contributed by atoms with Crippen molar-refractivity contribution in [3.8, 4) is 0 Å². The molecule has 0 saturated carbocycles. The van der Waals surface area contributed by atoms with Crippen LogP contribution in [0.2, 0.25) is 0 Å². The molecule has 4 heteroatoms. The third-order valence-electron chi connectivity index (χ3n) is 2.39. The number of nitrogens with zero attached hydrogens (tertiary/aromatic N) is 2. The molecule has 0 radical (unpaired) electrons. The Morgan fingerprint density at radius 2 is 2.27 bits per heavy atom. The molecule has 1 heterocycles. The molecule has 0 aliphatic heterocycles. The highest BCUT2D eigenvalue weighted by molar-refractivity contribution is 4.96. The number of hydrogen-bond donors (Lipinski definition) is 1. The Hall–Kier alpha value is -0.870. The van der Waals surface area contributed by atoms with Gasteiger partial charge in [0.15, 0.2) is 0 Å². The summed E-state index contributed by atoms with van der Waals surface area (Å²) in [6, 6.07) is 2.04. The smallest absolute Gasteiger partial charge is 0.0587 e. The summed E-state index contributed by atoms with van der Waals surface area (Å²) in [5.41, 5.74) is 1.24. The van der Waals surface area contributed by atoms with E-state index in [-0.39, 0.29) is 0 Å². The monoisotopic (exact) mass is 211 g/mol. The molecule has 0 atom stereocenters. The van der Waals surface area contributed by atoms with E-state index in [0.29, 0.717) is 0 Å². The highest BCUT2D eigenvalue weighted by Gasteiger charge is 1.95. The minimum absolute atomic E-state index is 0.790. The van der Waals surface area contributed by atoms with Gasteiger partial charge in [0.05, 0.1) is 6.61 Å². The van der Waals surface area contributed by atoms with E-state index in [2.05, 4.69) is 22.0 Å². The maximum Gasteiger partial charge on any atom is 0.0587 e. The molecule has 0 unspecified atom stereocenters. The van der Waals surface area contributed by atoms with Crippen molar-refractivity contribution in [2.24, 2.45) is 0 Å². The number of hydrogen-bond acceptors (Lipinski definition) is 3. The second-order valence-electron chi connectivity index (χ2n) is 3.65. The highest BCUT2D eigenvalue weighted by Crippen LogP contribution is 1.98. The van der Waals surface area contributed by atoms with Crippen molar-refractivity contribution in [3.63, 3.8) is 0 Å². The van der Waals surface area contributed by atoms with Crippen molar-refractivity contribution in [1.82, 2.24) is 15.1 Å². The van der Waals surface area contributed by atoms with Crippen molar-refractivity contribution < 1.29 is 4.74 Å². The molecule has 1 aromatic rings. The molecule has 0 aromatic carbocycles. The number of methoxy groups -OCH3 is 1. The van der Waals surface area contributed by atoms with E-state index in [0.717, 1.165) is 26.2 Å². The van der Waals surface area contributed by atoms with Gasteiger partial charge < -0.3 is 10.1 Å². The fourth-order valence-electron chi connectivity index (χ4n) is 1.44. The lowest BCUT2D eigenvalue weighted by Crippen LogP contribution is -2.20. The molecule has 0 amide bonds. The van der Waals surface area contributed by atoms with Gasteiger partial charge in [0.1, 0.15) is 0 Å². The zero-order chi connectivity index (χ0) is 10.9. The van der Waals surface area contributed by atoms with Crippen LogP contribution in [0.15, 0.2) is 12.3 Å². The number of aromatic nitrogens is 2. The average Bonchev–Trinajstić information content (AvgIpc) is 2.63. The van der Waals surface area contributed by atoms with Gasteiger partial charge >= 0.3 is 0 Å². The molecule has 4 nitrogen and oxygen atoms in total. The second kappa shape index (κ2) is 7.43. The molecular weight excluding hydrogens is 190 g/mol. The van der Waals surface area contributed by atoms with Gasteiger partial charge in [0.25, 0.3) is 0 Å². The van der Waals surface area contributed by atoms with E-state index >= 15 is 0 Å². The van der Waals surface area contributed by atoms with Gasteiger partial charge in [0.2, 0.25) is 0 Å². The molecule has 0 bridgehead atoms. The van der Waals surface area contributed by atoms with Gasteiger partial charge in [0, 0.05) is 32.1 Å². The Labute approximate surface area is 91.6 Å². The van der Waals surface area contributed by atoms with Gasteiger partial charge in [-0.25, -0.2) is 0 Å². The summed E-state index contributed by atoms with van der Waals surface area (Å²) >= 11 is 0. The molecule has 0 saturated heterocycles. The third kappa shape index (κ3) is 4.95. The Morgan fingerprint density at radius 3 is 2.93 bits per heavy atom. The Morgan fingerprint density at radius 1 is 1.40 bits per heavy atom. The SMILES string of the molecule is COCCNCCCCn1nccc1C. The molecule has 1 N–H and O–H groups in total. The van der Waals surface area contributed by atoms with Gasteiger partial charge in [-0.15, -0.1) is 0 Å². The quantitative estimate of drug-likeness (QED) is 0.657. The first kappa shape index (κ1) is 12.2. The summed E-state index contributed by atoms with van der Waals surface area (Å²) in [5.74, 6) is 0. The van der Waals surface area contributed by atoms with Crippen LogP contribution in [0.4, 0.5) is 0 Å². The van der Waals surface area contributed by atoms with Crippen LogP contribution in [0.5, 0.6) is 0 Å². The molecule has 0 aliphatic carbocycles. The molecule has 0 aliphatic rings. The van der Waals surface area contributed by atoms with Crippen molar-refractivity contribution in [1.29, 1.82) is 0 Å². The first-order valence-electron chi connectivity index (χ1n) is 5.52. The van der Waals surface area contributed by atoms with Crippen LogP contribution in [0.25, 0.3) is 0 Å². The molecular formula is C11H21N3O. The first-order chi connectivity index (χ1) is 7.34. The molecule has 0 fully saturated rings. The predicted octanol–water partition coefficient (Wildman–Crippen LogP) is 1.21. The Balaban J connectivity index is 1.96. The lowest BCUT2D eigenvalue weighted by molar-refractivity contribution is 0.199. The lowest BCUT2D eigenvalue weighted by atomic mass is 10.3. The standard InChI is InChI=1S/C11H21N3O/c1-11-5-7-13-14(11)9-4-3-6-12-8-10-15-2/h5,7,12H,3-4,6,8-10H2,1-2H3. The van der Waals surface area contributed by atoms with Crippen LogP contribution in [-0.2, 0) is 11.3 Å². The maximum absolute atomic E-state index is 4.95. The van der Waals surface area contributed by atoms with Gasteiger partial charge in [-0.1, -0.05) is 0 Å². The lowest BCUT2D eigenvalue weighted by Gasteiger charge is -2.05. The Bertz CT molecular complexity index is 260. The number of aryl methyl sites for hydroxylation is 2. The summed E-state index contributed by atoms with van der Waals surface area (Å²) in [4.78, 5) is 0. The largest absolute Gasteiger partial charge is 0.383 e. The molecule has 1 rings (SSSR count). The van der Waals surface area contributed by atoms with Gasteiger partial charge in [-0.2, -0.15) is 5.10 Å². The van der Waals surface area contributed by atoms with Crippen molar-refractivity contribution >= 4 is 0 Å². The molecule has 86 valence electrons. The predicted molar refractivity (Wildman–Crippen MR) is 60.9 cm³/mol. The zero-order valence-corrected chi connectivity index (χ0v) is 9.70. The average molecular weight is 211 g/mol. The van der Waals surface area contributed by atoms with Crippen LogP contribution in [0.1, 0.15) is 18.5 Å². The molecule has 15 heavy (non-hydrogen) atoms. The second-order valence-corrected chi connectivity index (χ2v) is 3.65. The van der Waals surface area contributed by atoms with E-state index in [4.69, 9.17) is 4.74 Å². The number of unbranched alkanes of at least 4 members (excludes halogenated alkanes) is 1. The normalized spacial score (nSPS) is 10.8. The highest BCUT2D eigenvalue weighted by atomic mass is 16.5. The summed E-state index contributed by atoms with van der Waals surface area (Å²) in [6.07, 6.45) is 4.21. The van der Waals surface area contributed by atoms with Crippen LogP contribution in [0.3, 0.4) is 0 Å². The van der Waals surface area contributed by atoms with Gasteiger partial charge in [-0.3, -0.25) is 4.68 Å². The van der Waals surface area contributed by atoms with E-state index in [9.17, 15) is 0 Å². The van der Waals surface area contributed by atoms with Crippen molar-refractivity contribution in [2.45, 2.75) is 26.3 Å². The summed E-state index contributed by atoms with van der Waals surface area (Å²) in [7, 11) is 1.72. The fraction of sp³-hybridized carbons (Fsp3) is 0.727. The maximum atomic E-state index is 4.95. The van der Waals surface area contributed by atoms with Gasteiger partial charge in [-0.05, 0) is 32.4 Å². The van der Waals surface area contributed by atoms with Crippen LogP contribution < -0.4 is 5.32 Å². The summed E-state index contributed by atoms with van der Waals surface area (Å²) in [5, 5.41) is 7.57. The van der Waals surface area contributed by atoms with Crippen LogP contribution in [0, 0.1) is 6.92 Å². The van der Waals surface area contributed by atoms with Crippen molar-refractivity contribution in [2.75, 3.05) is 26.8 Å². The summed E-state index contributed by atoms with van der Waals surface area (Å²) in [6.45, 7) is 5.90. The third-order valence-corrected chi connectivity index (χ3v) is 2.39. The zero-order valence-electron chi connectivity index (χ0n) is 9.70. The van der Waals surface area contributed by atoms with Crippen LogP contribution in [-0.4, -0.2) is 36.6 Å². The summed E-state index contributed by atoms with van der Waals surface area (Å²) < 4.78 is 7.00. The molecule has 1 aromatic heterocycles. The number of rotatable bonds is 8. The minimum atomic E-state index is 0.790.